The summed E-state index contributed by atoms with van der Waals surface area (Å²) < 4.78 is 61.0. The molecule has 0 bridgehead atoms. The highest BCUT2D eigenvalue weighted by Crippen LogP contribution is 2.37. The molecule has 0 aliphatic rings. The number of aromatic nitrogens is 1. The van der Waals surface area contributed by atoms with E-state index in [1.807, 2.05) is 0 Å². The maximum Gasteiger partial charge on any atom is 0.417 e. The molecule has 3 nitrogen and oxygen atoms in total. The van der Waals surface area contributed by atoms with Crippen molar-refractivity contribution < 1.29 is 31.9 Å². The lowest BCUT2D eigenvalue weighted by molar-refractivity contribution is -0.138. The van der Waals surface area contributed by atoms with Crippen molar-refractivity contribution in [1.82, 2.24) is 4.98 Å². The average molecular weight is 320 g/mol. The van der Waals surface area contributed by atoms with Crippen LogP contribution >= 0.6 is 15.9 Å². The summed E-state index contributed by atoms with van der Waals surface area (Å²) in [5.74, 6) is -1.83. The van der Waals surface area contributed by atoms with Crippen molar-refractivity contribution in [1.29, 1.82) is 0 Å². The largest absolute Gasteiger partial charge is 0.476 e. The summed E-state index contributed by atoms with van der Waals surface area (Å²) in [4.78, 5) is 13.5. The Bertz CT molecular complexity index is 460. The Morgan fingerprint density at radius 2 is 1.94 bits per heavy atom. The molecular formula is C8H3BrF5NO2. The Balaban J connectivity index is 3.55. The Hall–Kier alpha value is -1.25. The zero-order valence-electron chi connectivity index (χ0n) is 7.73. The zero-order valence-corrected chi connectivity index (χ0v) is 9.31. The van der Waals surface area contributed by atoms with Gasteiger partial charge in [0.25, 0.3) is 6.43 Å². The quantitative estimate of drug-likeness (QED) is 0.849. The molecule has 0 aromatic carbocycles. The van der Waals surface area contributed by atoms with E-state index in [1.165, 1.54) is 0 Å². The molecule has 0 saturated heterocycles. The average Bonchev–Trinajstić information content (AvgIpc) is 2.15. The maximum atomic E-state index is 12.4. The highest BCUT2D eigenvalue weighted by molar-refractivity contribution is 9.10. The van der Waals surface area contributed by atoms with Crippen LogP contribution in [0.1, 0.15) is 28.2 Å². The van der Waals surface area contributed by atoms with Crippen LogP contribution in [0.3, 0.4) is 0 Å². The van der Waals surface area contributed by atoms with Crippen LogP contribution in [0.25, 0.3) is 0 Å². The first-order valence-electron chi connectivity index (χ1n) is 3.93. The van der Waals surface area contributed by atoms with Crippen LogP contribution in [0, 0.1) is 0 Å². The molecule has 0 aliphatic heterocycles. The fourth-order valence-corrected chi connectivity index (χ4v) is 1.61. The predicted octanol–water partition coefficient (Wildman–Crippen LogP) is 3.50. The van der Waals surface area contributed by atoms with Crippen LogP contribution in [0.4, 0.5) is 22.0 Å². The predicted molar refractivity (Wildman–Crippen MR) is 48.9 cm³/mol. The van der Waals surface area contributed by atoms with Gasteiger partial charge in [-0.05, 0) is 22.0 Å². The number of alkyl halides is 5. The Labute approximate surface area is 99.4 Å². The smallest absolute Gasteiger partial charge is 0.417 e. The minimum atomic E-state index is -4.95. The molecule has 1 aromatic rings. The van der Waals surface area contributed by atoms with Crippen LogP contribution in [0.15, 0.2) is 10.5 Å². The van der Waals surface area contributed by atoms with Gasteiger partial charge in [0.1, 0.15) is 5.69 Å². The number of hydrogen-bond acceptors (Lipinski definition) is 2. The van der Waals surface area contributed by atoms with Crippen LogP contribution in [0.2, 0.25) is 0 Å². The summed E-state index contributed by atoms with van der Waals surface area (Å²) in [5.41, 5.74) is -3.84. The van der Waals surface area contributed by atoms with E-state index in [0.29, 0.717) is 0 Å². The number of aromatic carboxylic acids is 1. The van der Waals surface area contributed by atoms with E-state index in [9.17, 15) is 26.7 Å². The number of carbonyl (C=O) groups is 1. The lowest BCUT2D eigenvalue weighted by Crippen LogP contribution is -2.13. The minimum absolute atomic E-state index is 0.112. The summed E-state index contributed by atoms with van der Waals surface area (Å²) in [5, 5.41) is 8.56. The molecule has 1 rings (SSSR count). The number of nitrogens with zero attached hydrogens (tertiary/aromatic N) is 1. The monoisotopic (exact) mass is 319 g/mol. The highest BCUT2D eigenvalue weighted by atomic mass is 79.9. The summed E-state index contributed by atoms with van der Waals surface area (Å²) in [6.07, 6.45) is -8.24. The van der Waals surface area contributed by atoms with Crippen molar-refractivity contribution in [2.45, 2.75) is 12.6 Å². The molecule has 9 heteroatoms. The van der Waals surface area contributed by atoms with Crippen molar-refractivity contribution in [3.05, 3.63) is 27.5 Å². The molecule has 0 aliphatic carbocycles. The van der Waals surface area contributed by atoms with E-state index in [0.717, 1.165) is 0 Å². The second kappa shape index (κ2) is 4.55. The van der Waals surface area contributed by atoms with Gasteiger partial charge in [-0.2, -0.15) is 13.2 Å². The molecule has 1 N–H and O–H groups in total. The van der Waals surface area contributed by atoms with Gasteiger partial charge in [-0.25, -0.2) is 18.6 Å². The SMILES string of the molecule is O=C(O)c1nc(C(F)F)cc(C(F)(F)F)c1Br. The Morgan fingerprint density at radius 3 is 2.29 bits per heavy atom. The third-order valence-electron chi connectivity index (χ3n) is 1.71. The van der Waals surface area contributed by atoms with Gasteiger partial charge in [0, 0.05) is 0 Å². The summed E-state index contributed by atoms with van der Waals surface area (Å²) >= 11 is 2.39. The van der Waals surface area contributed by atoms with E-state index in [4.69, 9.17) is 5.11 Å². The van der Waals surface area contributed by atoms with Crippen LogP contribution in [-0.4, -0.2) is 16.1 Å². The minimum Gasteiger partial charge on any atom is -0.476 e. The lowest BCUT2D eigenvalue weighted by atomic mass is 10.2. The molecule has 0 saturated carbocycles. The summed E-state index contributed by atoms with van der Waals surface area (Å²) in [7, 11) is 0. The van der Waals surface area contributed by atoms with Crippen LogP contribution in [-0.2, 0) is 6.18 Å². The van der Waals surface area contributed by atoms with Crippen molar-refractivity contribution in [2.24, 2.45) is 0 Å². The van der Waals surface area contributed by atoms with Crippen molar-refractivity contribution in [3.63, 3.8) is 0 Å². The number of hydrogen-bond donors (Lipinski definition) is 1. The first kappa shape index (κ1) is 13.8. The zero-order chi connectivity index (χ0) is 13.4. The lowest BCUT2D eigenvalue weighted by Gasteiger charge is -2.12. The molecule has 0 amide bonds. The van der Waals surface area contributed by atoms with E-state index in [2.05, 4.69) is 20.9 Å². The number of carboxylic acid groups (broad SMARTS) is 1. The van der Waals surface area contributed by atoms with Crippen molar-refractivity contribution in [2.75, 3.05) is 0 Å². The third kappa shape index (κ3) is 2.90. The molecule has 0 unspecified atom stereocenters. The van der Waals surface area contributed by atoms with Gasteiger partial charge in [-0.1, -0.05) is 0 Å². The summed E-state index contributed by atoms with van der Waals surface area (Å²) in [6, 6.07) is 0.112. The molecule has 0 fully saturated rings. The molecule has 0 spiro atoms. The van der Waals surface area contributed by atoms with Crippen molar-refractivity contribution >= 4 is 21.9 Å². The molecule has 1 heterocycles. The topological polar surface area (TPSA) is 50.2 Å². The number of carboxylic acids is 1. The summed E-state index contributed by atoms with van der Waals surface area (Å²) in [6.45, 7) is 0. The van der Waals surface area contributed by atoms with Gasteiger partial charge in [-0.15, -0.1) is 0 Å². The molecule has 94 valence electrons. The first-order chi connectivity index (χ1) is 7.64. The maximum absolute atomic E-state index is 12.4. The van der Waals surface area contributed by atoms with Gasteiger partial charge in [0.2, 0.25) is 0 Å². The van der Waals surface area contributed by atoms with E-state index >= 15 is 0 Å². The Morgan fingerprint density at radius 1 is 1.41 bits per heavy atom. The van der Waals surface area contributed by atoms with Crippen LogP contribution in [0.5, 0.6) is 0 Å². The Kier molecular flexibility index (Phi) is 3.70. The fourth-order valence-electron chi connectivity index (χ4n) is 1.01. The van der Waals surface area contributed by atoms with Crippen LogP contribution < -0.4 is 0 Å². The van der Waals surface area contributed by atoms with E-state index in [1.54, 1.807) is 0 Å². The molecule has 1 aromatic heterocycles. The van der Waals surface area contributed by atoms with Crippen molar-refractivity contribution in [3.8, 4) is 0 Å². The standard InChI is InChI=1S/C8H3BrF5NO2/c9-4-2(8(12,13)14)1-3(6(10)11)15-5(4)7(16)17/h1,6H,(H,16,17). The normalized spacial score (nSPS) is 11.9. The fraction of sp³-hybridized carbons (Fsp3) is 0.250. The van der Waals surface area contributed by atoms with Gasteiger partial charge < -0.3 is 5.11 Å². The molecule has 0 atom stereocenters. The van der Waals surface area contributed by atoms with E-state index in [-0.39, 0.29) is 6.07 Å². The third-order valence-corrected chi connectivity index (χ3v) is 2.51. The van der Waals surface area contributed by atoms with Gasteiger partial charge >= 0.3 is 12.1 Å². The van der Waals surface area contributed by atoms with Gasteiger partial charge in [0.15, 0.2) is 5.69 Å². The highest BCUT2D eigenvalue weighted by Gasteiger charge is 2.36. The number of rotatable bonds is 2. The van der Waals surface area contributed by atoms with Gasteiger partial charge in [0.05, 0.1) is 10.0 Å². The number of pyridine rings is 1. The number of halogens is 6. The molecular weight excluding hydrogens is 317 g/mol. The molecule has 0 radical (unpaired) electrons. The van der Waals surface area contributed by atoms with Gasteiger partial charge in [-0.3, -0.25) is 0 Å². The molecule has 17 heavy (non-hydrogen) atoms. The second-order valence-corrected chi connectivity index (χ2v) is 3.65. The first-order valence-corrected chi connectivity index (χ1v) is 4.73. The van der Waals surface area contributed by atoms with E-state index < -0.39 is 40.0 Å². The second-order valence-electron chi connectivity index (χ2n) is 2.86.